The van der Waals surface area contributed by atoms with E-state index >= 15 is 0 Å². The quantitative estimate of drug-likeness (QED) is 0.156. The van der Waals surface area contributed by atoms with Gasteiger partial charge in [-0.05, 0) is 44.9 Å². The van der Waals surface area contributed by atoms with Crippen LogP contribution in [0.4, 0.5) is 0 Å². The van der Waals surface area contributed by atoms with Gasteiger partial charge in [-0.3, -0.25) is 4.79 Å². The van der Waals surface area contributed by atoms with Gasteiger partial charge in [0.25, 0.3) is 0 Å². The van der Waals surface area contributed by atoms with Crippen molar-refractivity contribution in [3.05, 3.63) is 12.2 Å². The van der Waals surface area contributed by atoms with E-state index in [-0.39, 0.29) is 17.7 Å². The highest BCUT2D eigenvalue weighted by atomic mass is 16.6. The molecule has 4 heteroatoms. The second-order valence-electron chi connectivity index (χ2n) is 8.79. The molecule has 2 aliphatic rings. The Bertz CT molecular complexity index is 456. The summed E-state index contributed by atoms with van der Waals surface area (Å²) in [5.74, 6) is -0.0902. The lowest BCUT2D eigenvalue weighted by Gasteiger charge is -2.31. The number of esters is 1. The molecule has 0 bridgehead atoms. The number of carbonyl (C=O) groups is 1. The number of ether oxygens (including phenoxy) is 3. The summed E-state index contributed by atoms with van der Waals surface area (Å²) in [6.07, 6.45) is 23.7. The first-order valence-corrected chi connectivity index (χ1v) is 12.3. The van der Waals surface area contributed by atoms with E-state index in [2.05, 4.69) is 19.1 Å². The van der Waals surface area contributed by atoms with Crippen LogP contribution in [0.5, 0.6) is 0 Å². The largest absolute Gasteiger partial charge is 0.463 e. The minimum atomic E-state index is -0.137. The summed E-state index contributed by atoms with van der Waals surface area (Å²) < 4.78 is 16.9. The van der Waals surface area contributed by atoms with Crippen LogP contribution in [-0.2, 0) is 19.0 Å². The third kappa shape index (κ3) is 10.6. The smallest absolute Gasteiger partial charge is 0.305 e. The van der Waals surface area contributed by atoms with Crippen molar-refractivity contribution in [3.8, 4) is 0 Å². The molecule has 168 valence electrons. The van der Waals surface area contributed by atoms with E-state index < -0.39 is 0 Å². The lowest BCUT2D eigenvalue weighted by molar-refractivity contribution is -0.181. The molecule has 0 aromatic rings. The SMILES string of the molecule is CCCCCCCCC=CCCCCCCCC(=O)OCC1OCCOC12CC2. The van der Waals surface area contributed by atoms with Crippen LogP contribution in [0.15, 0.2) is 12.2 Å². The molecule has 4 nitrogen and oxygen atoms in total. The first kappa shape index (κ1) is 24.4. The average Bonchev–Trinajstić information content (AvgIpc) is 3.50. The summed E-state index contributed by atoms with van der Waals surface area (Å²) in [6, 6.07) is 0. The van der Waals surface area contributed by atoms with Crippen LogP contribution in [0, 0.1) is 0 Å². The predicted molar refractivity (Wildman–Crippen MR) is 118 cm³/mol. The highest BCUT2D eigenvalue weighted by molar-refractivity contribution is 5.69. The lowest BCUT2D eigenvalue weighted by atomic mass is 10.1. The summed E-state index contributed by atoms with van der Waals surface area (Å²) in [5.41, 5.74) is -0.137. The molecule has 2 fully saturated rings. The summed E-state index contributed by atoms with van der Waals surface area (Å²) in [6.45, 7) is 3.89. The van der Waals surface area contributed by atoms with Gasteiger partial charge >= 0.3 is 5.97 Å². The van der Waals surface area contributed by atoms with Gasteiger partial charge in [0, 0.05) is 6.42 Å². The van der Waals surface area contributed by atoms with Gasteiger partial charge in [-0.25, -0.2) is 0 Å². The highest BCUT2D eigenvalue weighted by Gasteiger charge is 2.53. The van der Waals surface area contributed by atoms with Gasteiger partial charge in [0.15, 0.2) is 0 Å². The molecule has 0 N–H and O–H groups in total. The topological polar surface area (TPSA) is 44.8 Å². The molecule has 1 spiro atoms. The summed E-state index contributed by atoms with van der Waals surface area (Å²) >= 11 is 0. The zero-order chi connectivity index (χ0) is 20.6. The molecule has 1 heterocycles. The standard InChI is InChI=1S/C25H44O4/c1-2-3-4-5-6-7-8-9-10-11-12-13-14-15-16-17-24(26)28-22-23-25(18-19-25)29-21-20-27-23/h9-10,23H,2-8,11-22H2,1H3. The van der Waals surface area contributed by atoms with E-state index in [4.69, 9.17) is 14.2 Å². The van der Waals surface area contributed by atoms with Gasteiger partial charge in [0.1, 0.15) is 12.7 Å². The van der Waals surface area contributed by atoms with Gasteiger partial charge in [-0.15, -0.1) is 0 Å². The Morgan fingerprint density at radius 1 is 0.897 bits per heavy atom. The van der Waals surface area contributed by atoms with Gasteiger partial charge in [-0.2, -0.15) is 0 Å². The van der Waals surface area contributed by atoms with Crippen molar-refractivity contribution in [3.63, 3.8) is 0 Å². The van der Waals surface area contributed by atoms with Gasteiger partial charge in [-0.1, -0.05) is 70.4 Å². The summed E-state index contributed by atoms with van der Waals surface area (Å²) in [4.78, 5) is 11.9. The minimum Gasteiger partial charge on any atom is -0.463 e. The predicted octanol–water partition coefficient (Wildman–Crippen LogP) is 6.52. The first-order valence-electron chi connectivity index (χ1n) is 12.3. The third-order valence-corrected chi connectivity index (χ3v) is 6.16. The van der Waals surface area contributed by atoms with Crippen molar-refractivity contribution in [1.82, 2.24) is 0 Å². The number of hydrogen-bond acceptors (Lipinski definition) is 4. The fraction of sp³-hybridized carbons (Fsp3) is 0.880. The number of rotatable bonds is 17. The van der Waals surface area contributed by atoms with Crippen LogP contribution in [0.25, 0.3) is 0 Å². The van der Waals surface area contributed by atoms with Crippen molar-refractivity contribution < 1.29 is 19.0 Å². The third-order valence-electron chi connectivity index (χ3n) is 6.16. The Balaban J connectivity index is 1.32. The minimum absolute atomic E-state index is 0.0608. The molecule has 1 saturated heterocycles. The molecular weight excluding hydrogens is 364 g/mol. The van der Waals surface area contributed by atoms with Crippen molar-refractivity contribution in [1.29, 1.82) is 0 Å². The number of allylic oxidation sites excluding steroid dienone is 2. The molecule has 0 radical (unpaired) electrons. The van der Waals surface area contributed by atoms with Crippen molar-refractivity contribution >= 4 is 5.97 Å². The van der Waals surface area contributed by atoms with Crippen LogP contribution in [0.2, 0.25) is 0 Å². The molecule has 0 aromatic heterocycles. The molecule has 1 unspecified atom stereocenters. The Morgan fingerprint density at radius 2 is 1.52 bits per heavy atom. The maximum atomic E-state index is 11.9. The second kappa shape index (κ2) is 15.0. The number of carbonyl (C=O) groups excluding carboxylic acids is 1. The zero-order valence-corrected chi connectivity index (χ0v) is 18.8. The normalized spacial score (nSPS) is 20.4. The van der Waals surface area contributed by atoms with E-state index in [1.807, 2.05) is 0 Å². The van der Waals surface area contributed by atoms with Crippen LogP contribution < -0.4 is 0 Å². The molecule has 1 aliphatic carbocycles. The summed E-state index contributed by atoms with van der Waals surface area (Å²) in [5, 5.41) is 0. The lowest BCUT2D eigenvalue weighted by Crippen LogP contribution is -2.43. The maximum absolute atomic E-state index is 11.9. The molecule has 1 aliphatic heterocycles. The second-order valence-corrected chi connectivity index (χ2v) is 8.79. The van der Waals surface area contributed by atoms with Gasteiger partial charge in [0.05, 0.1) is 18.8 Å². The molecule has 29 heavy (non-hydrogen) atoms. The Kier molecular flexibility index (Phi) is 12.6. The monoisotopic (exact) mass is 408 g/mol. The molecule has 1 atom stereocenters. The molecule has 1 saturated carbocycles. The highest BCUT2D eigenvalue weighted by Crippen LogP contribution is 2.45. The molecule has 0 amide bonds. The van der Waals surface area contributed by atoms with Crippen LogP contribution in [0.3, 0.4) is 0 Å². The number of hydrogen-bond donors (Lipinski definition) is 0. The fourth-order valence-corrected chi connectivity index (χ4v) is 4.05. The van der Waals surface area contributed by atoms with Gasteiger partial charge < -0.3 is 14.2 Å². The van der Waals surface area contributed by atoms with Crippen LogP contribution in [0.1, 0.15) is 110 Å². The van der Waals surface area contributed by atoms with Crippen LogP contribution in [-0.4, -0.2) is 37.5 Å². The Morgan fingerprint density at radius 3 is 2.17 bits per heavy atom. The van der Waals surface area contributed by atoms with E-state index in [0.29, 0.717) is 26.2 Å². The zero-order valence-electron chi connectivity index (χ0n) is 18.8. The molecular formula is C25H44O4. The average molecular weight is 409 g/mol. The first-order chi connectivity index (χ1) is 14.3. The van der Waals surface area contributed by atoms with Gasteiger partial charge in [0.2, 0.25) is 0 Å². The van der Waals surface area contributed by atoms with E-state index in [1.165, 1.54) is 70.6 Å². The number of unbranched alkanes of at least 4 members (excludes halogenated alkanes) is 11. The van der Waals surface area contributed by atoms with Crippen LogP contribution >= 0.6 is 0 Å². The van der Waals surface area contributed by atoms with E-state index in [9.17, 15) is 4.79 Å². The molecule has 0 aromatic carbocycles. The van der Waals surface area contributed by atoms with Crippen molar-refractivity contribution in [2.45, 2.75) is 121 Å². The van der Waals surface area contributed by atoms with E-state index in [1.54, 1.807) is 0 Å². The Hall–Kier alpha value is -0.870. The summed E-state index contributed by atoms with van der Waals surface area (Å²) in [7, 11) is 0. The van der Waals surface area contributed by atoms with Crippen molar-refractivity contribution in [2.75, 3.05) is 19.8 Å². The molecule has 2 rings (SSSR count). The maximum Gasteiger partial charge on any atom is 0.305 e. The fourth-order valence-electron chi connectivity index (χ4n) is 4.05. The van der Waals surface area contributed by atoms with E-state index in [0.717, 1.165) is 25.7 Å². The Labute approximate surface area is 178 Å². The van der Waals surface area contributed by atoms with Crippen molar-refractivity contribution in [2.24, 2.45) is 0 Å².